The van der Waals surface area contributed by atoms with Gasteiger partial charge in [0.25, 0.3) is 0 Å². The summed E-state index contributed by atoms with van der Waals surface area (Å²) in [6.45, 7) is 0. The highest BCUT2D eigenvalue weighted by Crippen LogP contribution is 2.38. The van der Waals surface area contributed by atoms with Crippen molar-refractivity contribution >= 4 is 11.6 Å². The van der Waals surface area contributed by atoms with Crippen molar-refractivity contribution in [2.45, 2.75) is 31.3 Å². The molecule has 0 saturated heterocycles. The first kappa shape index (κ1) is 12.7. The number of rotatable bonds is 2. The summed E-state index contributed by atoms with van der Waals surface area (Å²) in [6.07, 6.45) is 4.34. The van der Waals surface area contributed by atoms with Gasteiger partial charge in [-0.3, -0.25) is 0 Å². The van der Waals surface area contributed by atoms with Crippen molar-refractivity contribution < 1.29 is 13.9 Å². The number of aliphatic hydroxyl groups is 1. The average molecular weight is 281 g/mol. The van der Waals surface area contributed by atoms with Crippen molar-refractivity contribution in [1.82, 2.24) is 0 Å². The highest BCUT2D eigenvalue weighted by atomic mass is 35.5. The van der Waals surface area contributed by atoms with Crippen molar-refractivity contribution in [2.75, 3.05) is 0 Å². The molecular weight excluding hydrogens is 267 g/mol. The predicted octanol–water partition coefficient (Wildman–Crippen LogP) is 3.84. The lowest BCUT2D eigenvalue weighted by molar-refractivity contribution is 0.0168. The summed E-state index contributed by atoms with van der Waals surface area (Å²) < 4.78 is 18.8. The van der Waals surface area contributed by atoms with Crippen molar-refractivity contribution in [3.8, 4) is 0 Å². The minimum Gasteiger partial charge on any atom is -0.469 e. The van der Waals surface area contributed by atoms with Crippen LogP contribution in [0, 0.1) is 5.82 Å². The molecule has 1 aliphatic rings. The van der Waals surface area contributed by atoms with Crippen LogP contribution in [0.5, 0.6) is 0 Å². The Balaban J connectivity index is 1.93. The summed E-state index contributed by atoms with van der Waals surface area (Å²) in [6, 6.07) is 6.46. The lowest BCUT2D eigenvalue weighted by Gasteiger charge is -2.31. The number of halogens is 2. The molecule has 0 saturated carbocycles. The van der Waals surface area contributed by atoms with Gasteiger partial charge in [0.15, 0.2) is 0 Å². The van der Waals surface area contributed by atoms with Gasteiger partial charge >= 0.3 is 0 Å². The van der Waals surface area contributed by atoms with Crippen LogP contribution in [-0.4, -0.2) is 5.11 Å². The Bertz CT molecular complexity index is 608. The first-order chi connectivity index (χ1) is 9.08. The van der Waals surface area contributed by atoms with Crippen molar-refractivity contribution in [1.29, 1.82) is 0 Å². The molecule has 4 heteroatoms. The van der Waals surface area contributed by atoms with E-state index < -0.39 is 11.4 Å². The first-order valence-electron chi connectivity index (χ1n) is 6.32. The Kier molecular flexibility index (Phi) is 3.11. The van der Waals surface area contributed by atoms with Gasteiger partial charge in [0.05, 0.1) is 16.9 Å². The number of hydrogen-bond donors (Lipinski definition) is 1. The van der Waals surface area contributed by atoms with E-state index in [4.69, 9.17) is 16.0 Å². The van der Waals surface area contributed by atoms with Crippen molar-refractivity contribution in [2.24, 2.45) is 0 Å². The third kappa shape index (κ3) is 2.28. The van der Waals surface area contributed by atoms with Gasteiger partial charge in [-0.1, -0.05) is 17.7 Å². The molecule has 1 aromatic heterocycles. The van der Waals surface area contributed by atoms with E-state index in [0.29, 0.717) is 12.8 Å². The monoisotopic (exact) mass is 280 g/mol. The van der Waals surface area contributed by atoms with Crippen LogP contribution in [0.3, 0.4) is 0 Å². The van der Waals surface area contributed by atoms with Gasteiger partial charge in [0, 0.05) is 18.4 Å². The van der Waals surface area contributed by atoms with Crippen LogP contribution in [0.1, 0.15) is 29.7 Å². The second-order valence-corrected chi connectivity index (χ2v) is 5.48. The largest absolute Gasteiger partial charge is 0.469 e. The molecule has 0 aliphatic heterocycles. The average Bonchev–Trinajstić information content (AvgIpc) is 2.84. The maximum absolute atomic E-state index is 13.5. The van der Waals surface area contributed by atoms with Gasteiger partial charge < -0.3 is 9.52 Å². The van der Waals surface area contributed by atoms with E-state index in [9.17, 15) is 9.50 Å². The summed E-state index contributed by atoms with van der Waals surface area (Å²) in [5.74, 6) is 0.383. The van der Waals surface area contributed by atoms with Crippen molar-refractivity contribution in [3.63, 3.8) is 0 Å². The van der Waals surface area contributed by atoms with Crippen molar-refractivity contribution in [3.05, 3.63) is 58.3 Å². The molecule has 3 rings (SSSR count). The Hall–Kier alpha value is -1.32. The normalized spacial score (nSPS) is 22.3. The molecule has 2 aromatic rings. The summed E-state index contributed by atoms with van der Waals surface area (Å²) in [5, 5.41) is 10.9. The SMILES string of the molecule is OC1(Cc2ccc(Cl)c(F)c2)CCCc2occc21. The second kappa shape index (κ2) is 4.66. The van der Waals surface area contributed by atoms with Crippen LogP contribution >= 0.6 is 11.6 Å². The van der Waals surface area contributed by atoms with Crippen LogP contribution in [0.25, 0.3) is 0 Å². The first-order valence-corrected chi connectivity index (χ1v) is 6.69. The fourth-order valence-corrected chi connectivity index (χ4v) is 2.91. The minimum atomic E-state index is -0.971. The zero-order valence-electron chi connectivity index (χ0n) is 10.3. The van der Waals surface area contributed by atoms with Gasteiger partial charge in [-0.2, -0.15) is 0 Å². The molecule has 19 heavy (non-hydrogen) atoms. The van der Waals surface area contributed by atoms with Crippen LogP contribution in [0.15, 0.2) is 34.9 Å². The number of hydrogen-bond acceptors (Lipinski definition) is 2. The van der Waals surface area contributed by atoms with Gasteiger partial charge in [-0.15, -0.1) is 0 Å². The zero-order valence-corrected chi connectivity index (χ0v) is 11.1. The molecule has 1 heterocycles. The standard InChI is InChI=1S/C15H14ClFO2/c16-12-4-3-10(8-13(12)17)9-15(18)6-1-2-14-11(15)5-7-19-14/h3-5,7-8,18H,1-2,6,9H2. The number of benzene rings is 1. The van der Waals surface area contributed by atoms with Crippen LogP contribution < -0.4 is 0 Å². The Morgan fingerprint density at radius 3 is 3.00 bits per heavy atom. The maximum Gasteiger partial charge on any atom is 0.142 e. The number of aryl methyl sites for hydroxylation is 1. The smallest absolute Gasteiger partial charge is 0.142 e. The van der Waals surface area contributed by atoms with E-state index in [1.165, 1.54) is 12.1 Å². The third-order valence-electron chi connectivity index (χ3n) is 3.72. The molecule has 1 N–H and O–H groups in total. The number of furan rings is 1. The van der Waals surface area contributed by atoms with Gasteiger partial charge in [0.2, 0.25) is 0 Å². The molecule has 0 amide bonds. The third-order valence-corrected chi connectivity index (χ3v) is 4.03. The quantitative estimate of drug-likeness (QED) is 0.907. The maximum atomic E-state index is 13.5. The lowest BCUT2D eigenvalue weighted by Crippen LogP contribution is -2.32. The molecule has 0 radical (unpaired) electrons. The Morgan fingerprint density at radius 2 is 2.21 bits per heavy atom. The van der Waals surface area contributed by atoms with Gasteiger partial charge in [-0.05, 0) is 36.6 Å². The van der Waals surface area contributed by atoms with Gasteiger partial charge in [0.1, 0.15) is 11.6 Å². The molecule has 2 nitrogen and oxygen atoms in total. The molecule has 0 bridgehead atoms. The molecule has 0 spiro atoms. The molecule has 0 fully saturated rings. The van der Waals surface area contributed by atoms with Crippen LogP contribution in [0.4, 0.5) is 4.39 Å². The molecule has 1 atom stereocenters. The highest BCUT2D eigenvalue weighted by Gasteiger charge is 2.36. The molecule has 1 aliphatic carbocycles. The van der Waals surface area contributed by atoms with E-state index in [2.05, 4.69) is 0 Å². The second-order valence-electron chi connectivity index (χ2n) is 5.07. The Morgan fingerprint density at radius 1 is 1.37 bits per heavy atom. The fraction of sp³-hybridized carbons (Fsp3) is 0.333. The van der Waals surface area contributed by atoms with E-state index in [1.807, 2.05) is 0 Å². The minimum absolute atomic E-state index is 0.100. The predicted molar refractivity (Wildman–Crippen MR) is 70.7 cm³/mol. The molecule has 1 unspecified atom stereocenters. The summed E-state index contributed by atoms with van der Waals surface area (Å²) >= 11 is 5.67. The highest BCUT2D eigenvalue weighted by molar-refractivity contribution is 6.30. The molecule has 100 valence electrons. The van der Waals surface area contributed by atoms with E-state index in [1.54, 1.807) is 18.4 Å². The van der Waals surface area contributed by atoms with Crippen LogP contribution in [-0.2, 0) is 18.4 Å². The Labute approximate surface area is 115 Å². The molecule has 1 aromatic carbocycles. The van der Waals surface area contributed by atoms with E-state index in [0.717, 1.165) is 29.7 Å². The summed E-state index contributed by atoms with van der Waals surface area (Å²) in [7, 11) is 0. The number of fused-ring (bicyclic) bond motifs is 1. The van der Waals surface area contributed by atoms with E-state index in [-0.39, 0.29) is 5.02 Å². The zero-order chi connectivity index (χ0) is 13.5. The summed E-state index contributed by atoms with van der Waals surface area (Å²) in [4.78, 5) is 0. The van der Waals surface area contributed by atoms with Crippen LogP contribution in [0.2, 0.25) is 5.02 Å². The lowest BCUT2D eigenvalue weighted by atomic mass is 9.79. The summed E-state index contributed by atoms with van der Waals surface area (Å²) in [5.41, 5.74) is 0.591. The fourth-order valence-electron chi connectivity index (χ4n) is 2.80. The van der Waals surface area contributed by atoms with Gasteiger partial charge in [-0.25, -0.2) is 4.39 Å². The molecular formula is C15H14ClFO2. The van der Waals surface area contributed by atoms with E-state index >= 15 is 0 Å². The topological polar surface area (TPSA) is 33.4 Å².